The minimum Gasteiger partial charge on any atom is -0.386 e. The molecular weight excluding hydrogens is 338 g/mol. The van der Waals surface area contributed by atoms with Crippen molar-refractivity contribution in [1.82, 2.24) is 14.7 Å². The van der Waals surface area contributed by atoms with Crippen LogP contribution in [0.3, 0.4) is 0 Å². The van der Waals surface area contributed by atoms with E-state index in [2.05, 4.69) is 10.3 Å². The number of nitrogens with one attached hydrogen (secondary N) is 1. The normalized spacial score (nSPS) is 13.2. The number of nitrogens with zero attached hydrogens (tertiary/aromatic N) is 2. The average molecular weight is 357 g/mol. The standard InChI is InChI=1S/C22H19N3O2/c26-21(17-9-5-2-6-10-17)20(16-7-3-1-4-8-16)24-22(27)18-11-12-19-23-13-14-25(19)15-18/h1-15,20-21,26H,(H,24,27)/t20-,21+/m0/s1. The first-order valence-electron chi connectivity index (χ1n) is 8.74. The molecule has 134 valence electrons. The summed E-state index contributed by atoms with van der Waals surface area (Å²) in [5.41, 5.74) is 2.86. The Morgan fingerprint density at radius 3 is 2.30 bits per heavy atom. The van der Waals surface area contributed by atoms with Gasteiger partial charge in [-0.3, -0.25) is 4.79 Å². The number of hydrogen-bond acceptors (Lipinski definition) is 3. The summed E-state index contributed by atoms with van der Waals surface area (Å²) in [7, 11) is 0. The van der Waals surface area contributed by atoms with Crippen LogP contribution in [-0.2, 0) is 0 Å². The molecule has 5 nitrogen and oxygen atoms in total. The number of imidazole rings is 1. The van der Waals surface area contributed by atoms with Gasteiger partial charge in [-0.2, -0.15) is 0 Å². The van der Waals surface area contributed by atoms with Crippen molar-refractivity contribution in [3.8, 4) is 0 Å². The number of carbonyl (C=O) groups is 1. The summed E-state index contributed by atoms with van der Waals surface area (Å²) in [4.78, 5) is 17.1. The first kappa shape index (κ1) is 17.0. The highest BCUT2D eigenvalue weighted by molar-refractivity contribution is 5.94. The lowest BCUT2D eigenvalue weighted by atomic mass is 9.95. The molecule has 0 saturated carbocycles. The second kappa shape index (κ2) is 7.43. The van der Waals surface area contributed by atoms with Crippen LogP contribution in [-0.4, -0.2) is 20.4 Å². The summed E-state index contributed by atoms with van der Waals surface area (Å²) in [6, 6.07) is 21.8. The van der Waals surface area contributed by atoms with E-state index in [0.29, 0.717) is 5.56 Å². The molecule has 4 aromatic rings. The highest BCUT2D eigenvalue weighted by Gasteiger charge is 2.25. The van der Waals surface area contributed by atoms with Crippen LogP contribution in [0.2, 0.25) is 0 Å². The third-order valence-electron chi connectivity index (χ3n) is 4.55. The molecule has 27 heavy (non-hydrogen) atoms. The van der Waals surface area contributed by atoms with Crippen molar-refractivity contribution < 1.29 is 9.90 Å². The van der Waals surface area contributed by atoms with Gasteiger partial charge in [0.25, 0.3) is 5.91 Å². The van der Waals surface area contributed by atoms with Crippen molar-refractivity contribution in [2.24, 2.45) is 0 Å². The minimum atomic E-state index is -0.866. The van der Waals surface area contributed by atoms with Crippen LogP contribution in [0.25, 0.3) is 5.65 Å². The number of carbonyl (C=O) groups excluding carboxylic acids is 1. The zero-order valence-electron chi connectivity index (χ0n) is 14.6. The Labute approximate surface area is 156 Å². The lowest BCUT2D eigenvalue weighted by Gasteiger charge is -2.25. The fourth-order valence-corrected chi connectivity index (χ4v) is 3.13. The third kappa shape index (κ3) is 3.59. The SMILES string of the molecule is O=C(N[C@@H](c1ccccc1)[C@H](O)c1ccccc1)c1ccc2nccn2c1. The number of aliphatic hydroxyl groups is 1. The molecule has 0 unspecified atom stereocenters. The monoisotopic (exact) mass is 357 g/mol. The van der Waals surface area contributed by atoms with E-state index in [4.69, 9.17) is 0 Å². The van der Waals surface area contributed by atoms with Gasteiger partial charge < -0.3 is 14.8 Å². The van der Waals surface area contributed by atoms with Gasteiger partial charge in [0, 0.05) is 18.6 Å². The van der Waals surface area contributed by atoms with E-state index in [1.54, 1.807) is 35.1 Å². The van der Waals surface area contributed by atoms with Gasteiger partial charge in [-0.25, -0.2) is 4.98 Å². The molecule has 2 heterocycles. The predicted molar refractivity (Wildman–Crippen MR) is 103 cm³/mol. The summed E-state index contributed by atoms with van der Waals surface area (Å²) in [5, 5.41) is 13.9. The zero-order valence-corrected chi connectivity index (χ0v) is 14.6. The van der Waals surface area contributed by atoms with E-state index in [9.17, 15) is 9.90 Å². The minimum absolute atomic E-state index is 0.255. The molecule has 2 atom stereocenters. The summed E-state index contributed by atoms with van der Waals surface area (Å²) in [5.74, 6) is -0.255. The lowest BCUT2D eigenvalue weighted by molar-refractivity contribution is 0.0831. The number of pyridine rings is 1. The smallest absolute Gasteiger partial charge is 0.253 e. The van der Waals surface area contributed by atoms with Crippen molar-refractivity contribution in [3.05, 3.63) is 108 Å². The molecule has 0 saturated heterocycles. The molecule has 2 aromatic carbocycles. The van der Waals surface area contributed by atoms with Crippen LogP contribution in [0.4, 0.5) is 0 Å². The number of fused-ring (bicyclic) bond motifs is 1. The Morgan fingerprint density at radius 2 is 1.59 bits per heavy atom. The summed E-state index contributed by atoms with van der Waals surface area (Å²) < 4.78 is 1.79. The van der Waals surface area contributed by atoms with E-state index >= 15 is 0 Å². The van der Waals surface area contributed by atoms with Gasteiger partial charge in [0.1, 0.15) is 11.8 Å². The number of aromatic nitrogens is 2. The van der Waals surface area contributed by atoms with E-state index in [0.717, 1.165) is 16.8 Å². The van der Waals surface area contributed by atoms with Crippen molar-refractivity contribution in [2.45, 2.75) is 12.1 Å². The predicted octanol–water partition coefficient (Wildman–Crippen LogP) is 3.54. The molecule has 0 radical (unpaired) electrons. The number of rotatable bonds is 5. The molecule has 2 N–H and O–H groups in total. The molecule has 1 amide bonds. The first-order valence-corrected chi connectivity index (χ1v) is 8.74. The van der Waals surface area contributed by atoms with Crippen molar-refractivity contribution in [1.29, 1.82) is 0 Å². The average Bonchev–Trinajstić information content (AvgIpc) is 3.20. The molecule has 4 rings (SSSR count). The summed E-state index contributed by atoms with van der Waals surface area (Å²) in [6.45, 7) is 0. The van der Waals surface area contributed by atoms with Gasteiger partial charge in [-0.1, -0.05) is 60.7 Å². The summed E-state index contributed by atoms with van der Waals surface area (Å²) >= 11 is 0. The maximum Gasteiger partial charge on any atom is 0.253 e. The second-order valence-electron chi connectivity index (χ2n) is 6.33. The van der Waals surface area contributed by atoms with Gasteiger partial charge in [0.15, 0.2) is 0 Å². The summed E-state index contributed by atoms with van der Waals surface area (Å²) in [6.07, 6.45) is 4.34. The van der Waals surface area contributed by atoms with Gasteiger partial charge in [0.2, 0.25) is 0 Å². The van der Waals surface area contributed by atoms with Crippen LogP contribution in [0.1, 0.15) is 33.6 Å². The van der Waals surface area contributed by atoms with Crippen LogP contribution >= 0.6 is 0 Å². The maximum absolute atomic E-state index is 12.9. The van der Waals surface area contributed by atoms with Crippen molar-refractivity contribution in [3.63, 3.8) is 0 Å². The number of benzene rings is 2. The second-order valence-corrected chi connectivity index (χ2v) is 6.33. The van der Waals surface area contributed by atoms with Gasteiger partial charge in [-0.15, -0.1) is 0 Å². The van der Waals surface area contributed by atoms with Crippen LogP contribution < -0.4 is 5.32 Å². The Kier molecular flexibility index (Phi) is 4.68. The highest BCUT2D eigenvalue weighted by Crippen LogP contribution is 2.29. The molecule has 5 heteroatoms. The van der Waals surface area contributed by atoms with Gasteiger partial charge in [-0.05, 0) is 23.3 Å². The zero-order chi connectivity index (χ0) is 18.6. The molecule has 2 aromatic heterocycles. The topological polar surface area (TPSA) is 66.6 Å². The number of hydrogen-bond donors (Lipinski definition) is 2. The Balaban J connectivity index is 1.65. The Hall–Kier alpha value is -3.44. The van der Waals surface area contributed by atoms with E-state index < -0.39 is 12.1 Å². The van der Waals surface area contributed by atoms with Gasteiger partial charge in [0.05, 0.1) is 11.6 Å². The highest BCUT2D eigenvalue weighted by atomic mass is 16.3. The number of amides is 1. The molecule has 0 aliphatic carbocycles. The Bertz CT molecular complexity index is 1040. The molecule has 0 fully saturated rings. The fraction of sp³-hybridized carbons (Fsp3) is 0.0909. The first-order chi connectivity index (χ1) is 13.2. The molecule has 0 bridgehead atoms. The largest absolute Gasteiger partial charge is 0.386 e. The van der Waals surface area contributed by atoms with E-state index in [-0.39, 0.29) is 5.91 Å². The molecule has 0 aliphatic rings. The van der Waals surface area contributed by atoms with Crippen molar-refractivity contribution in [2.75, 3.05) is 0 Å². The van der Waals surface area contributed by atoms with Crippen LogP contribution in [0, 0.1) is 0 Å². The molecule has 0 spiro atoms. The number of aliphatic hydroxyl groups excluding tert-OH is 1. The van der Waals surface area contributed by atoms with Crippen LogP contribution in [0.15, 0.2) is 91.4 Å². The van der Waals surface area contributed by atoms with Gasteiger partial charge >= 0.3 is 0 Å². The lowest BCUT2D eigenvalue weighted by Crippen LogP contribution is -2.32. The van der Waals surface area contributed by atoms with Crippen molar-refractivity contribution >= 4 is 11.6 Å². The molecule has 0 aliphatic heterocycles. The molecular formula is C22H19N3O2. The van der Waals surface area contributed by atoms with Crippen LogP contribution in [0.5, 0.6) is 0 Å². The quantitative estimate of drug-likeness (QED) is 0.574. The van der Waals surface area contributed by atoms with E-state index in [1.165, 1.54) is 0 Å². The Morgan fingerprint density at radius 1 is 0.926 bits per heavy atom. The maximum atomic E-state index is 12.9. The third-order valence-corrected chi connectivity index (χ3v) is 4.55. The fourth-order valence-electron chi connectivity index (χ4n) is 3.13. The van der Waals surface area contributed by atoms with E-state index in [1.807, 2.05) is 60.7 Å².